The molecule has 0 saturated heterocycles. The lowest BCUT2D eigenvalue weighted by Gasteiger charge is -2.05. The minimum atomic E-state index is -0.501. The number of nitrogens with zero attached hydrogens (tertiary/aromatic N) is 1. The van der Waals surface area contributed by atoms with Gasteiger partial charge in [-0.2, -0.15) is 5.10 Å². The van der Waals surface area contributed by atoms with Crippen molar-refractivity contribution < 1.29 is 13.9 Å². The zero-order valence-electron chi connectivity index (χ0n) is 8.61. The molecule has 0 radical (unpaired) electrons. The van der Waals surface area contributed by atoms with Crippen molar-refractivity contribution in [3.8, 4) is 0 Å². The van der Waals surface area contributed by atoms with Crippen LogP contribution in [-0.4, -0.2) is 16.2 Å². The van der Waals surface area contributed by atoms with Crippen molar-refractivity contribution in [2.75, 3.05) is 0 Å². The lowest BCUT2D eigenvalue weighted by molar-refractivity contribution is 0.0465. The van der Waals surface area contributed by atoms with Gasteiger partial charge in [0, 0.05) is 16.2 Å². The highest BCUT2D eigenvalue weighted by Crippen LogP contribution is 2.19. The molecule has 1 aromatic heterocycles. The molecule has 2 aromatic rings. The van der Waals surface area contributed by atoms with Gasteiger partial charge in [-0.25, -0.2) is 9.18 Å². The fraction of sp³-hybridized carbons (Fsp3) is 0.0909. The summed E-state index contributed by atoms with van der Waals surface area (Å²) in [4.78, 5) is 11.5. The summed E-state index contributed by atoms with van der Waals surface area (Å²) in [6, 6.07) is 5.70. The molecule has 0 bridgehead atoms. The lowest BCUT2D eigenvalue weighted by Crippen LogP contribution is -2.06. The summed E-state index contributed by atoms with van der Waals surface area (Å²) in [7, 11) is 0. The highest BCUT2D eigenvalue weighted by molar-refractivity contribution is 9.10. The number of hydrogen-bond acceptors (Lipinski definition) is 3. The monoisotopic (exact) mass is 298 g/mol. The van der Waals surface area contributed by atoms with E-state index in [1.165, 1.54) is 24.4 Å². The molecule has 0 aliphatic rings. The van der Waals surface area contributed by atoms with Crippen molar-refractivity contribution in [3.05, 3.63) is 52.0 Å². The van der Waals surface area contributed by atoms with Crippen LogP contribution in [0.5, 0.6) is 0 Å². The van der Waals surface area contributed by atoms with Crippen molar-refractivity contribution in [1.82, 2.24) is 10.2 Å². The van der Waals surface area contributed by atoms with Crippen molar-refractivity contribution in [1.29, 1.82) is 0 Å². The first-order valence-corrected chi connectivity index (χ1v) is 5.56. The number of carbonyl (C=O) groups is 1. The molecule has 0 amide bonds. The normalized spacial score (nSPS) is 10.2. The van der Waals surface area contributed by atoms with Gasteiger partial charge in [0.05, 0.1) is 0 Å². The average Bonchev–Trinajstić information content (AvgIpc) is 2.81. The second kappa shape index (κ2) is 5.09. The topological polar surface area (TPSA) is 55.0 Å². The molecule has 1 heterocycles. The van der Waals surface area contributed by atoms with Gasteiger partial charge in [-0.1, -0.05) is 22.0 Å². The number of H-pyrrole nitrogens is 1. The highest BCUT2D eigenvalue weighted by atomic mass is 79.9. The van der Waals surface area contributed by atoms with Crippen molar-refractivity contribution in [2.24, 2.45) is 0 Å². The Balaban J connectivity index is 2.01. The van der Waals surface area contributed by atoms with Gasteiger partial charge in [0.1, 0.15) is 18.1 Å². The molecular formula is C11H8BrFN2O2. The van der Waals surface area contributed by atoms with Crippen molar-refractivity contribution in [2.45, 2.75) is 6.61 Å². The van der Waals surface area contributed by atoms with Crippen LogP contribution in [-0.2, 0) is 11.3 Å². The number of ether oxygens (including phenoxy) is 1. The van der Waals surface area contributed by atoms with E-state index in [0.717, 1.165) is 0 Å². The fourth-order valence-corrected chi connectivity index (χ4v) is 1.69. The number of carbonyl (C=O) groups excluding carboxylic acids is 1. The first-order valence-electron chi connectivity index (χ1n) is 4.77. The molecule has 0 aliphatic heterocycles. The van der Waals surface area contributed by atoms with Gasteiger partial charge in [0.15, 0.2) is 0 Å². The van der Waals surface area contributed by atoms with Gasteiger partial charge in [-0.3, -0.25) is 5.10 Å². The molecule has 0 saturated carbocycles. The molecule has 0 atom stereocenters. The number of nitrogens with one attached hydrogen (secondary N) is 1. The van der Waals surface area contributed by atoms with Crippen LogP contribution in [0.15, 0.2) is 34.9 Å². The third-order valence-corrected chi connectivity index (χ3v) is 2.83. The number of rotatable bonds is 3. The smallest absolute Gasteiger partial charge is 0.356 e. The van der Waals surface area contributed by atoms with Gasteiger partial charge < -0.3 is 4.74 Å². The fourth-order valence-electron chi connectivity index (χ4n) is 1.23. The molecule has 17 heavy (non-hydrogen) atoms. The molecule has 2 rings (SSSR count). The number of esters is 1. The van der Waals surface area contributed by atoms with Crippen LogP contribution < -0.4 is 0 Å². The molecule has 0 unspecified atom stereocenters. The maximum atomic E-state index is 12.8. The predicted octanol–water partition coefficient (Wildman–Crippen LogP) is 2.67. The summed E-state index contributed by atoms with van der Waals surface area (Å²) in [6.07, 6.45) is 1.46. The minimum absolute atomic E-state index is 0.0682. The van der Waals surface area contributed by atoms with Crippen LogP contribution in [0.25, 0.3) is 0 Å². The zero-order chi connectivity index (χ0) is 12.3. The van der Waals surface area contributed by atoms with Gasteiger partial charge in [-0.15, -0.1) is 0 Å². The van der Waals surface area contributed by atoms with E-state index >= 15 is 0 Å². The number of halogens is 2. The molecule has 0 fully saturated rings. The largest absolute Gasteiger partial charge is 0.456 e. The lowest BCUT2D eigenvalue weighted by atomic mass is 10.2. The Hall–Kier alpha value is -1.69. The second-order valence-electron chi connectivity index (χ2n) is 3.28. The molecule has 88 valence electrons. The summed E-state index contributed by atoms with van der Waals surface area (Å²) in [5.41, 5.74) is 0.975. The quantitative estimate of drug-likeness (QED) is 0.887. The molecule has 0 aliphatic carbocycles. The molecule has 1 N–H and O–H groups in total. The number of aromatic amines is 1. The van der Waals surface area contributed by atoms with Crippen molar-refractivity contribution in [3.63, 3.8) is 0 Å². The SMILES string of the molecule is O=C(OCc1ccc(F)cc1Br)c1ccn[nH]1. The summed E-state index contributed by atoms with van der Waals surface area (Å²) < 4.78 is 18.4. The summed E-state index contributed by atoms with van der Waals surface area (Å²) in [5, 5.41) is 6.14. The number of hydrogen-bond donors (Lipinski definition) is 1. The molecule has 4 nitrogen and oxygen atoms in total. The number of benzene rings is 1. The van der Waals surface area contributed by atoms with Crippen LogP contribution in [0.2, 0.25) is 0 Å². The van der Waals surface area contributed by atoms with Crippen LogP contribution in [0.1, 0.15) is 16.1 Å². The number of aromatic nitrogens is 2. The summed E-state index contributed by atoms with van der Waals surface area (Å²) in [5.74, 6) is -0.848. The zero-order valence-corrected chi connectivity index (χ0v) is 10.2. The van der Waals surface area contributed by atoms with Gasteiger partial charge in [0.25, 0.3) is 0 Å². The van der Waals surface area contributed by atoms with Crippen molar-refractivity contribution >= 4 is 21.9 Å². The van der Waals surface area contributed by atoms with E-state index in [1.54, 1.807) is 6.07 Å². The Kier molecular flexibility index (Phi) is 3.53. The van der Waals surface area contributed by atoms with Crippen LogP contribution in [0.3, 0.4) is 0 Å². The van der Waals surface area contributed by atoms with Crippen LogP contribution >= 0.6 is 15.9 Å². The van der Waals surface area contributed by atoms with Crippen LogP contribution in [0.4, 0.5) is 4.39 Å². The summed E-state index contributed by atoms with van der Waals surface area (Å²) >= 11 is 3.19. The summed E-state index contributed by atoms with van der Waals surface area (Å²) in [6.45, 7) is 0.0682. The third-order valence-electron chi connectivity index (χ3n) is 2.09. The standard InChI is InChI=1S/C11H8BrFN2O2/c12-9-5-8(13)2-1-7(9)6-17-11(16)10-3-4-14-15-10/h1-5H,6H2,(H,14,15). The second-order valence-corrected chi connectivity index (χ2v) is 4.14. The average molecular weight is 299 g/mol. The first kappa shape index (κ1) is 11.8. The highest BCUT2D eigenvalue weighted by Gasteiger charge is 2.09. The van der Waals surface area contributed by atoms with E-state index in [9.17, 15) is 9.18 Å². The predicted molar refractivity (Wildman–Crippen MR) is 61.8 cm³/mol. The van der Waals surface area contributed by atoms with Gasteiger partial charge in [0.2, 0.25) is 0 Å². The Morgan fingerprint density at radius 1 is 1.47 bits per heavy atom. The maximum absolute atomic E-state index is 12.8. The van der Waals surface area contributed by atoms with Gasteiger partial charge in [-0.05, 0) is 18.2 Å². The Morgan fingerprint density at radius 3 is 2.94 bits per heavy atom. The third kappa shape index (κ3) is 2.91. The molecule has 0 spiro atoms. The first-order chi connectivity index (χ1) is 8.16. The molecule has 1 aromatic carbocycles. The Bertz CT molecular complexity index is 528. The van der Waals surface area contributed by atoms with E-state index in [-0.39, 0.29) is 18.1 Å². The van der Waals surface area contributed by atoms with E-state index in [1.807, 2.05) is 0 Å². The van der Waals surface area contributed by atoms with Gasteiger partial charge >= 0.3 is 5.97 Å². The maximum Gasteiger partial charge on any atom is 0.356 e. The van der Waals surface area contributed by atoms with E-state index in [4.69, 9.17) is 4.74 Å². The van der Waals surface area contributed by atoms with E-state index < -0.39 is 5.97 Å². The van der Waals surface area contributed by atoms with Crippen LogP contribution in [0, 0.1) is 5.82 Å². The van der Waals surface area contributed by atoms with E-state index in [0.29, 0.717) is 10.0 Å². The minimum Gasteiger partial charge on any atom is -0.456 e. The molecule has 6 heteroatoms. The Labute approximate surface area is 105 Å². The van der Waals surface area contributed by atoms with E-state index in [2.05, 4.69) is 26.1 Å². The Morgan fingerprint density at radius 2 is 2.29 bits per heavy atom. The molecular weight excluding hydrogens is 291 g/mol.